The molecule has 0 aliphatic heterocycles. The van der Waals surface area contributed by atoms with Crippen LogP contribution in [0.2, 0.25) is 0 Å². The lowest BCUT2D eigenvalue weighted by Gasteiger charge is -2.08. The summed E-state index contributed by atoms with van der Waals surface area (Å²) in [7, 11) is 0. The van der Waals surface area contributed by atoms with Gasteiger partial charge in [0.2, 0.25) is 5.88 Å². The number of ether oxygens (including phenoxy) is 1. The van der Waals surface area contributed by atoms with Crippen LogP contribution in [-0.4, -0.2) is 10.8 Å². The highest BCUT2D eigenvalue weighted by Gasteiger charge is 2.06. The Morgan fingerprint density at radius 3 is 2.63 bits per heavy atom. The van der Waals surface area contributed by atoms with Gasteiger partial charge in [0, 0.05) is 23.4 Å². The second-order valence-electron chi connectivity index (χ2n) is 4.26. The molecular formula is C14H14FN3O. The number of hydrogen-bond acceptors (Lipinski definition) is 3. The Hall–Kier alpha value is -2.43. The molecule has 0 saturated heterocycles. The Morgan fingerprint density at radius 1 is 1.26 bits per heavy atom. The second-order valence-corrected chi connectivity index (χ2v) is 4.26. The molecule has 0 aliphatic rings. The minimum Gasteiger partial charge on any atom is -0.439 e. The van der Waals surface area contributed by atoms with Gasteiger partial charge < -0.3 is 10.5 Å². The Bertz CT molecular complexity index is 641. The number of nitrogens with two attached hydrogens (primary N) is 1. The largest absolute Gasteiger partial charge is 0.439 e. The third kappa shape index (κ3) is 3.07. The average molecular weight is 259 g/mol. The molecule has 98 valence electrons. The van der Waals surface area contributed by atoms with E-state index >= 15 is 0 Å². The molecule has 0 amide bonds. The number of nitrogens with one attached hydrogen (secondary N) is 1. The molecule has 0 spiro atoms. The highest BCUT2D eigenvalue weighted by molar-refractivity contribution is 5.95. The number of aromatic nitrogens is 1. The van der Waals surface area contributed by atoms with Crippen LogP contribution in [0.3, 0.4) is 0 Å². The fourth-order valence-corrected chi connectivity index (χ4v) is 1.60. The Morgan fingerprint density at radius 2 is 2.00 bits per heavy atom. The Labute approximate surface area is 110 Å². The van der Waals surface area contributed by atoms with Gasteiger partial charge in [-0.15, -0.1) is 0 Å². The molecule has 0 radical (unpaired) electrons. The van der Waals surface area contributed by atoms with E-state index < -0.39 is 0 Å². The SMILES string of the molecule is Cc1cc(C(=N)N)cc(Oc2ccc(C)c(F)c2)n1. The van der Waals surface area contributed by atoms with Crippen molar-refractivity contribution in [3.8, 4) is 11.6 Å². The first-order valence-electron chi connectivity index (χ1n) is 5.73. The van der Waals surface area contributed by atoms with E-state index in [1.807, 2.05) is 0 Å². The molecule has 4 nitrogen and oxygen atoms in total. The van der Waals surface area contributed by atoms with Crippen LogP contribution in [0.4, 0.5) is 4.39 Å². The van der Waals surface area contributed by atoms with E-state index in [1.54, 1.807) is 38.1 Å². The number of aryl methyl sites for hydroxylation is 2. The van der Waals surface area contributed by atoms with Gasteiger partial charge in [-0.3, -0.25) is 5.41 Å². The van der Waals surface area contributed by atoms with Crippen molar-refractivity contribution in [3.63, 3.8) is 0 Å². The monoisotopic (exact) mass is 259 g/mol. The summed E-state index contributed by atoms with van der Waals surface area (Å²) in [4.78, 5) is 4.17. The lowest BCUT2D eigenvalue weighted by molar-refractivity contribution is 0.456. The second kappa shape index (κ2) is 5.06. The third-order valence-corrected chi connectivity index (χ3v) is 2.61. The normalized spacial score (nSPS) is 10.3. The van der Waals surface area contributed by atoms with Crippen molar-refractivity contribution in [2.45, 2.75) is 13.8 Å². The number of benzene rings is 1. The summed E-state index contributed by atoms with van der Waals surface area (Å²) in [5.41, 5.74) is 7.18. The fourth-order valence-electron chi connectivity index (χ4n) is 1.60. The van der Waals surface area contributed by atoms with Crippen LogP contribution in [0.25, 0.3) is 0 Å². The van der Waals surface area contributed by atoms with Crippen molar-refractivity contribution in [2.24, 2.45) is 5.73 Å². The first-order chi connectivity index (χ1) is 8.95. The number of nitrogen functional groups attached to an aromatic ring is 1. The van der Waals surface area contributed by atoms with E-state index in [0.29, 0.717) is 22.6 Å². The van der Waals surface area contributed by atoms with E-state index in [0.717, 1.165) is 0 Å². The number of amidine groups is 1. The summed E-state index contributed by atoms with van der Waals surface area (Å²) < 4.78 is 18.9. The molecule has 19 heavy (non-hydrogen) atoms. The van der Waals surface area contributed by atoms with Crippen molar-refractivity contribution in [1.82, 2.24) is 4.98 Å². The van der Waals surface area contributed by atoms with Crippen molar-refractivity contribution < 1.29 is 9.13 Å². The maximum absolute atomic E-state index is 13.4. The molecule has 2 aromatic rings. The molecule has 1 aromatic carbocycles. The lowest BCUT2D eigenvalue weighted by Crippen LogP contribution is -2.11. The van der Waals surface area contributed by atoms with E-state index in [-0.39, 0.29) is 17.5 Å². The summed E-state index contributed by atoms with van der Waals surface area (Å²) in [6.45, 7) is 3.45. The van der Waals surface area contributed by atoms with Gasteiger partial charge in [0.25, 0.3) is 0 Å². The van der Waals surface area contributed by atoms with Crippen molar-refractivity contribution in [2.75, 3.05) is 0 Å². The van der Waals surface area contributed by atoms with Crippen LogP contribution in [-0.2, 0) is 0 Å². The van der Waals surface area contributed by atoms with E-state index in [1.165, 1.54) is 6.07 Å². The van der Waals surface area contributed by atoms with Gasteiger partial charge in [0.05, 0.1) is 0 Å². The van der Waals surface area contributed by atoms with Crippen LogP contribution in [0.5, 0.6) is 11.6 Å². The summed E-state index contributed by atoms with van der Waals surface area (Å²) in [5, 5.41) is 7.41. The predicted octanol–water partition coefficient (Wildman–Crippen LogP) is 2.91. The molecule has 1 aromatic heterocycles. The molecule has 5 heteroatoms. The molecule has 0 atom stereocenters. The quantitative estimate of drug-likeness (QED) is 0.657. The molecule has 1 heterocycles. The van der Waals surface area contributed by atoms with Crippen LogP contribution in [0.1, 0.15) is 16.8 Å². The Balaban J connectivity index is 2.32. The summed E-state index contributed by atoms with van der Waals surface area (Å²) in [6.07, 6.45) is 0. The molecule has 3 N–H and O–H groups in total. The van der Waals surface area contributed by atoms with Gasteiger partial charge >= 0.3 is 0 Å². The van der Waals surface area contributed by atoms with Crippen LogP contribution >= 0.6 is 0 Å². The first kappa shape index (κ1) is 13.0. The van der Waals surface area contributed by atoms with Crippen molar-refractivity contribution in [1.29, 1.82) is 5.41 Å². The topological polar surface area (TPSA) is 72.0 Å². The van der Waals surface area contributed by atoms with Crippen LogP contribution in [0, 0.1) is 25.1 Å². The zero-order chi connectivity index (χ0) is 14.0. The standard InChI is InChI=1S/C14H14FN3O/c1-8-3-4-11(7-12(8)15)19-13-6-10(14(16)17)5-9(2)18-13/h3-7H,1-2H3,(H3,16,17). The van der Waals surface area contributed by atoms with Gasteiger partial charge in [0.15, 0.2) is 0 Å². The number of hydrogen-bond donors (Lipinski definition) is 2. The number of rotatable bonds is 3. The molecule has 0 bridgehead atoms. The lowest BCUT2D eigenvalue weighted by atomic mass is 10.2. The zero-order valence-corrected chi connectivity index (χ0v) is 10.7. The van der Waals surface area contributed by atoms with Gasteiger partial charge in [-0.1, -0.05) is 6.07 Å². The van der Waals surface area contributed by atoms with Gasteiger partial charge in [-0.25, -0.2) is 9.37 Å². The maximum atomic E-state index is 13.4. The molecule has 0 unspecified atom stereocenters. The zero-order valence-electron chi connectivity index (χ0n) is 10.7. The first-order valence-corrected chi connectivity index (χ1v) is 5.73. The van der Waals surface area contributed by atoms with Crippen LogP contribution in [0.15, 0.2) is 30.3 Å². The van der Waals surface area contributed by atoms with E-state index in [4.69, 9.17) is 15.9 Å². The molecule has 0 saturated carbocycles. The van der Waals surface area contributed by atoms with Gasteiger partial charge in [-0.05, 0) is 31.5 Å². The number of nitrogens with zero attached hydrogens (tertiary/aromatic N) is 1. The fraction of sp³-hybridized carbons (Fsp3) is 0.143. The van der Waals surface area contributed by atoms with Gasteiger partial charge in [0.1, 0.15) is 17.4 Å². The molecule has 0 aliphatic carbocycles. The van der Waals surface area contributed by atoms with Crippen molar-refractivity contribution >= 4 is 5.84 Å². The minimum absolute atomic E-state index is 0.0644. The summed E-state index contributed by atoms with van der Waals surface area (Å²) in [6, 6.07) is 7.83. The Kier molecular flexibility index (Phi) is 3.46. The van der Waals surface area contributed by atoms with E-state index in [2.05, 4.69) is 4.98 Å². The highest BCUT2D eigenvalue weighted by Crippen LogP contribution is 2.23. The highest BCUT2D eigenvalue weighted by atomic mass is 19.1. The third-order valence-electron chi connectivity index (χ3n) is 2.61. The van der Waals surface area contributed by atoms with Gasteiger partial charge in [-0.2, -0.15) is 0 Å². The minimum atomic E-state index is -0.336. The smallest absolute Gasteiger partial charge is 0.220 e. The predicted molar refractivity (Wildman–Crippen MR) is 71.2 cm³/mol. The van der Waals surface area contributed by atoms with E-state index in [9.17, 15) is 4.39 Å². The molecular weight excluding hydrogens is 245 g/mol. The number of pyridine rings is 1. The average Bonchev–Trinajstić information content (AvgIpc) is 2.33. The summed E-state index contributed by atoms with van der Waals surface area (Å²) >= 11 is 0. The molecule has 0 fully saturated rings. The summed E-state index contributed by atoms with van der Waals surface area (Å²) in [5.74, 6) is 0.242. The van der Waals surface area contributed by atoms with Crippen LogP contribution < -0.4 is 10.5 Å². The number of halogens is 1. The maximum Gasteiger partial charge on any atom is 0.220 e. The van der Waals surface area contributed by atoms with Crippen molar-refractivity contribution in [3.05, 3.63) is 53.0 Å². The molecule has 2 rings (SSSR count).